The maximum absolute atomic E-state index is 4.19. The number of rotatable bonds is 6. The van der Waals surface area contributed by atoms with Crippen molar-refractivity contribution in [3.8, 4) is 0 Å². The highest BCUT2D eigenvalue weighted by Crippen LogP contribution is 2.03. The summed E-state index contributed by atoms with van der Waals surface area (Å²) in [5.74, 6) is 2.13. The Kier molecular flexibility index (Phi) is 4.75. The topological polar surface area (TPSA) is 42.7 Å². The maximum atomic E-state index is 4.19. The van der Waals surface area contributed by atoms with Crippen molar-refractivity contribution in [1.29, 1.82) is 0 Å². The van der Waals surface area contributed by atoms with E-state index in [1.54, 1.807) is 0 Å². The van der Waals surface area contributed by atoms with Crippen molar-refractivity contribution in [3.63, 3.8) is 0 Å². The zero-order valence-corrected chi connectivity index (χ0v) is 10.2. The Morgan fingerprint density at radius 3 is 2.67 bits per heavy atom. The van der Waals surface area contributed by atoms with Gasteiger partial charge in [-0.25, -0.2) is 0 Å². The van der Waals surface area contributed by atoms with E-state index in [1.807, 2.05) is 6.92 Å². The van der Waals surface area contributed by atoms with Crippen LogP contribution in [-0.2, 0) is 13.0 Å². The number of hydrogen-bond acceptors (Lipinski definition) is 3. The van der Waals surface area contributed by atoms with E-state index < -0.39 is 0 Å². The minimum atomic E-state index is 0.566. The van der Waals surface area contributed by atoms with Crippen LogP contribution in [0.1, 0.15) is 38.8 Å². The van der Waals surface area contributed by atoms with Gasteiger partial charge in [-0.05, 0) is 26.8 Å². The average Bonchev–Trinajstić information content (AvgIpc) is 2.53. The fraction of sp³-hybridized carbons (Fsp3) is 0.818. The molecule has 1 N–H and O–H groups in total. The summed E-state index contributed by atoms with van der Waals surface area (Å²) in [5, 5.41) is 11.7. The molecule has 0 unspecified atom stereocenters. The van der Waals surface area contributed by atoms with Crippen LogP contribution >= 0.6 is 0 Å². The van der Waals surface area contributed by atoms with Gasteiger partial charge < -0.3 is 9.88 Å². The second kappa shape index (κ2) is 5.85. The first-order chi connectivity index (χ1) is 7.15. The number of hydrogen-bond donors (Lipinski definition) is 1. The summed E-state index contributed by atoms with van der Waals surface area (Å²) in [6, 6.07) is 0.566. The summed E-state index contributed by atoms with van der Waals surface area (Å²) in [6.45, 7) is 10.5. The molecule has 0 radical (unpaired) electrons. The largest absolute Gasteiger partial charge is 0.316 e. The molecule has 1 aromatic heterocycles. The average molecular weight is 210 g/mol. The molecule has 1 heterocycles. The molecular weight excluding hydrogens is 188 g/mol. The van der Waals surface area contributed by atoms with Crippen LogP contribution in [0, 0.1) is 6.92 Å². The first-order valence-corrected chi connectivity index (χ1v) is 5.77. The molecule has 0 saturated heterocycles. The maximum Gasteiger partial charge on any atom is 0.133 e. The van der Waals surface area contributed by atoms with E-state index in [1.165, 1.54) is 0 Å². The molecule has 0 atom stereocenters. The zero-order valence-electron chi connectivity index (χ0n) is 10.2. The molecule has 1 aromatic rings. The molecule has 0 aliphatic rings. The van der Waals surface area contributed by atoms with E-state index in [9.17, 15) is 0 Å². The van der Waals surface area contributed by atoms with Gasteiger partial charge in [0.15, 0.2) is 0 Å². The van der Waals surface area contributed by atoms with Crippen LogP contribution in [-0.4, -0.2) is 27.4 Å². The normalized spacial score (nSPS) is 11.3. The zero-order chi connectivity index (χ0) is 11.3. The number of nitrogens with one attached hydrogen (secondary N) is 1. The lowest BCUT2D eigenvalue weighted by molar-refractivity contribution is 0.557. The molecule has 0 aliphatic heterocycles. The quantitative estimate of drug-likeness (QED) is 0.724. The molecule has 0 bridgehead atoms. The van der Waals surface area contributed by atoms with E-state index in [4.69, 9.17) is 0 Å². The predicted molar refractivity (Wildman–Crippen MR) is 61.9 cm³/mol. The summed E-state index contributed by atoms with van der Waals surface area (Å²) < 4.78 is 2.18. The van der Waals surface area contributed by atoms with Gasteiger partial charge in [0.25, 0.3) is 0 Å². The van der Waals surface area contributed by atoms with Gasteiger partial charge in [0, 0.05) is 19.0 Å². The molecule has 0 fully saturated rings. The third kappa shape index (κ3) is 3.63. The lowest BCUT2D eigenvalue weighted by Crippen LogP contribution is -2.24. The first-order valence-electron chi connectivity index (χ1n) is 5.77. The monoisotopic (exact) mass is 210 g/mol. The van der Waals surface area contributed by atoms with Crippen molar-refractivity contribution in [2.75, 3.05) is 6.54 Å². The van der Waals surface area contributed by atoms with Crippen LogP contribution in [0.25, 0.3) is 0 Å². The van der Waals surface area contributed by atoms with Crippen molar-refractivity contribution >= 4 is 0 Å². The van der Waals surface area contributed by atoms with Crippen molar-refractivity contribution in [1.82, 2.24) is 20.1 Å². The highest BCUT2D eigenvalue weighted by molar-refractivity contribution is 4.93. The molecule has 4 nitrogen and oxygen atoms in total. The Balaban J connectivity index is 2.37. The molecule has 0 spiro atoms. The summed E-state index contributed by atoms with van der Waals surface area (Å²) in [6.07, 6.45) is 2.13. The second-order valence-electron chi connectivity index (χ2n) is 4.12. The van der Waals surface area contributed by atoms with Gasteiger partial charge in [-0.3, -0.25) is 0 Å². The lowest BCUT2D eigenvalue weighted by atomic mass is 10.2. The minimum Gasteiger partial charge on any atom is -0.316 e. The molecule has 4 heteroatoms. The molecule has 0 aliphatic carbocycles. The van der Waals surface area contributed by atoms with Crippen molar-refractivity contribution in [3.05, 3.63) is 11.6 Å². The Morgan fingerprint density at radius 1 is 1.33 bits per heavy atom. The highest BCUT2D eigenvalue weighted by atomic mass is 15.3. The first kappa shape index (κ1) is 12.2. The van der Waals surface area contributed by atoms with E-state index in [2.05, 4.69) is 40.9 Å². The molecule has 0 amide bonds. The minimum absolute atomic E-state index is 0.566. The number of nitrogens with zero attached hydrogens (tertiary/aromatic N) is 3. The smallest absolute Gasteiger partial charge is 0.133 e. The molecule has 1 rings (SSSR count). The van der Waals surface area contributed by atoms with Crippen LogP contribution < -0.4 is 5.32 Å². The van der Waals surface area contributed by atoms with Crippen LogP contribution in [0.2, 0.25) is 0 Å². The molecule has 0 saturated carbocycles. The van der Waals surface area contributed by atoms with Crippen LogP contribution in [0.4, 0.5) is 0 Å². The third-order valence-electron chi connectivity index (χ3n) is 2.46. The Bertz CT molecular complexity index is 291. The van der Waals surface area contributed by atoms with Crippen molar-refractivity contribution in [2.45, 2.75) is 53.1 Å². The van der Waals surface area contributed by atoms with E-state index in [0.29, 0.717) is 6.04 Å². The van der Waals surface area contributed by atoms with Crippen molar-refractivity contribution < 1.29 is 0 Å². The van der Waals surface area contributed by atoms with Crippen molar-refractivity contribution in [2.24, 2.45) is 0 Å². The van der Waals surface area contributed by atoms with Gasteiger partial charge in [0.05, 0.1) is 0 Å². The Labute approximate surface area is 92.1 Å². The molecule has 15 heavy (non-hydrogen) atoms. The van der Waals surface area contributed by atoms with Crippen LogP contribution in [0.3, 0.4) is 0 Å². The van der Waals surface area contributed by atoms with Gasteiger partial charge >= 0.3 is 0 Å². The molecule has 0 aromatic carbocycles. The molecule has 86 valence electrons. The summed E-state index contributed by atoms with van der Waals surface area (Å²) in [5.41, 5.74) is 0. The van der Waals surface area contributed by atoms with E-state index in [-0.39, 0.29) is 0 Å². The highest BCUT2D eigenvalue weighted by Gasteiger charge is 2.06. The molecular formula is C11H22N4. The van der Waals surface area contributed by atoms with Gasteiger partial charge in [0.2, 0.25) is 0 Å². The fourth-order valence-corrected chi connectivity index (χ4v) is 1.66. The van der Waals surface area contributed by atoms with Gasteiger partial charge in [-0.2, -0.15) is 0 Å². The Morgan fingerprint density at radius 2 is 2.07 bits per heavy atom. The van der Waals surface area contributed by atoms with E-state index >= 15 is 0 Å². The fourth-order valence-electron chi connectivity index (χ4n) is 1.66. The predicted octanol–water partition coefficient (Wildman–Crippen LogP) is 1.54. The van der Waals surface area contributed by atoms with Gasteiger partial charge in [-0.15, -0.1) is 10.2 Å². The van der Waals surface area contributed by atoms with E-state index in [0.717, 1.165) is 37.6 Å². The van der Waals surface area contributed by atoms with Gasteiger partial charge in [-0.1, -0.05) is 13.8 Å². The second-order valence-corrected chi connectivity index (χ2v) is 4.12. The van der Waals surface area contributed by atoms with Gasteiger partial charge in [0.1, 0.15) is 11.6 Å². The Hall–Kier alpha value is -0.900. The summed E-state index contributed by atoms with van der Waals surface area (Å²) >= 11 is 0. The summed E-state index contributed by atoms with van der Waals surface area (Å²) in [4.78, 5) is 0. The standard InChI is InChI=1S/C11H22N4/c1-5-15-10(4)13-14-11(15)7-6-8-12-9(2)3/h9,12H,5-8H2,1-4H3. The number of aryl methyl sites for hydroxylation is 2. The van der Waals surface area contributed by atoms with Crippen LogP contribution in [0.5, 0.6) is 0 Å². The summed E-state index contributed by atoms with van der Waals surface area (Å²) in [7, 11) is 0. The lowest BCUT2D eigenvalue weighted by Gasteiger charge is -2.08. The SMILES string of the molecule is CCn1c(C)nnc1CCCNC(C)C. The number of aromatic nitrogens is 3. The third-order valence-corrected chi connectivity index (χ3v) is 2.46. The van der Waals surface area contributed by atoms with Crippen LogP contribution in [0.15, 0.2) is 0 Å².